The number of aryl methyl sites for hydroxylation is 1. The molecule has 0 saturated carbocycles. The molecule has 5 heteroatoms. The largest absolute Gasteiger partial charge is 0.381 e. The van der Waals surface area contributed by atoms with E-state index in [9.17, 15) is 4.39 Å². The Morgan fingerprint density at radius 3 is 2.76 bits per heavy atom. The van der Waals surface area contributed by atoms with Gasteiger partial charge in [0.15, 0.2) is 0 Å². The van der Waals surface area contributed by atoms with E-state index in [1.807, 2.05) is 12.1 Å². The van der Waals surface area contributed by atoms with Gasteiger partial charge in [0.05, 0.1) is 23.5 Å². The third kappa shape index (κ3) is 3.12. The zero-order valence-corrected chi connectivity index (χ0v) is 14.3. The maximum Gasteiger partial charge on any atom is 0.148 e. The number of halogens is 1. The first kappa shape index (κ1) is 16.1. The van der Waals surface area contributed by atoms with E-state index in [-0.39, 0.29) is 5.82 Å². The van der Waals surface area contributed by atoms with Gasteiger partial charge in [-0.05, 0) is 24.6 Å². The molecule has 2 heterocycles. The molecular weight excluding hydrogens is 317 g/mol. The van der Waals surface area contributed by atoms with Crippen LogP contribution in [-0.4, -0.2) is 24.6 Å². The number of ether oxygens (including phenoxy) is 1. The van der Waals surface area contributed by atoms with Crippen molar-refractivity contribution in [1.29, 1.82) is 0 Å². The molecule has 25 heavy (non-hydrogen) atoms. The van der Waals surface area contributed by atoms with Gasteiger partial charge in [0.2, 0.25) is 0 Å². The molecule has 1 spiro atoms. The van der Waals surface area contributed by atoms with E-state index in [1.165, 1.54) is 17.2 Å². The number of amidine groups is 1. The van der Waals surface area contributed by atoms with Crippen LogP contribution in [0.1, 0.15) is 24.0 Å². The Morgan fingerprint density at radius 1 is 1.16 bits per heavy atom. The van der Waals surface area contributed by atoms with Crippen LogP contribution in [0.15, 0.2) is 47.5 Å². The SMILES string of the molecule is Cc1cccc(CN=C2Nc3cccc(F)c3NC23CCOCC3)c1. The minimum Gasteiger partial charge on any atom is -0.381 e. The molecule has 2 aliphatic rings. The van der Waals surface area contributed by atoms with Crippen LogP contribution in [0.25, 0.3) is 0 Å². The normalized spacial score (nSPS) is 20.0. The molecule has 1 saturated heterocycles. The molecule has 0 radical (unpaired) electrons. The molecule has 0 bridgehead atoms. The van der Waals surface area contributed by atoms with Crippen molar-refractivity contribution in [2.75, 3.05) is 23.8 Å². The van der Waals surface area contributed by atoms with Crippen molar-refractivity contribution < 1.29 is 9.13 Å². The van der Waals surface area contributed by atoms with Gasteiger partial charge in [0.1, 0.15) is 11.7 Å². The van der Waals surface area contributed by atoms with Crippen LogP contribution in [0.2, 0.25) is 0 Å². The molecule has 130 valence electrons. The molecule has 2 aliphatic heterocycles. The Morgan fingerprint density at radius 2 is 1.96 bits per heavy atom. The molecule has 4 rings (SSSR count). The van der Waals surface area contributed by atoms with Crippen LogP contribution in [0, 0.1) is 12.7 Å². The Bertz CT molecular complexity index is 812. The minimum absolute atomic E-state index is 0.242. The fraction of sp³-hybridized carbons (Fsp3) is 0.350. The topological polar surface area (TPSA) is 45.7 Å². The highest BCUT2D eigenvalue weighted by molar-refractivity contribution is 6.09. The van der Waals surface area contributed by atoms with Crippen LogP contribution in [-0.2, 0) is 11.3 Å². The molecule has 1 fully saturated rings. The number of para-hydroxylation sites is 1. The molecule has 0 aliphatic carbocycles. The molecule has 0 unspecified atom stereocenters. The first-order chi connectivity index (χ1) is 12.2. The summed E-state index contributed by atoms with van der Waals surface area (Å²) in [6.07, 6.45) is 1.53. The second kappa shape index (κ2) is 6.48. The van der Waals surface area contributed by atoms with Crippen LogP contribution in [0.3, 0.4) is 0 Å². The Hall–Kier alpha value is -2.40. The summed E-state index contributed by atoms with van der Waals surface area (Å²) >= 11 is 0. The highest BCUT2D eigenvalue weighted by Crippen LogP contribution is 2.38. The highest BCUT2D eigenvalue weighted by atomic mass is 19.1. The summed E-state index contributed by atoms with van der Waals surface area (Å²) in [6, 6.07) is 13.4. The van der Waals surface area contributed by atoms with E-state index < -0.39 is 5.54 Å². The second-order valence-electron chi connectivity index (χ2n) is 6.76. The van der Waals surface area contributed by atoms with Crippen LogP contribution in [0.4, 0.5) is 15.8 Å². The molecule has 2 aromatic rings. The number of fused-ring (bicyclic) bond motifs is 1. The summed E-state index contributed by atoms with van der Waals surface area (Å²) in [7, 11) is 0. The number of hydrogen-bond acceptors (Lipinski definition) is 3. The van der Waals surface area contributed by atoms with E-state index in [2.05, 4.69) is 35.8 Å². The summed E-state index contributed by atoms with van der Waals surface area (Å²) in [6.45, 7) is 3.96. The predicted molar refractivity (Wildman–Crippen MR) is 98.7 cm³/mol. The summed E-state index contributed by atoms with van der Waals surface area (Å²) in [4.78, 5) is 4.87. The van der Waals surface area contributed by atoms with Gasteiger partial charge in [0, 0.05) is 26.1 Å². The average molecular weight is 339 g/mol. The first-order valence-electron chi connectivity index (χ1n) is 8.68. The van der Waals surface area contributed by atoms with Gasteiger partial charge in [0.25, 0.3) is 0 Å². The molecule has 0 atom stereocenters. The van der Waals surface area contributed by atoms with E-state index >= 15 is 0 Å². The van der Waals surface area contributed by atoms with Crippen molar-refractivity contribution in [3.05, 3.63) is 59.4 Å². The number of nitrogens with one attached hydrogen (secondary N) is 2. The number of rotatable bonds is 2. The first-order valence-corrected chi connectivity index (χ1v) is 8.68. The van der Waals surface area contributed by atoms with Crippen molar-refractivity contribution in [1.82, 2.24) is 0 Å². The third-order valence-corrected chi connectivity index (χ3v) is 4.93. The molecule has 0 aromatic heterocycles. The lowest BCUT2D eigenvalue weighted by Crippen LogP contribution is -2.56. The average Bonchev–Trinajstić information content (AvgIpc) is 2.62. The molecular formula is C20H22FN3O. The fourth-order valence-corrected chi connectivity index (χ4v) is 3.55. The minimum atomic E-state index is -0.392. The lowest BCUT2D eigenvalue weighted by atomic mass is 9.86. The number of hydrogen-bond donors (Lipinski definition) is 2. The Kier molecular flexibility index (Phi) is 4.17. The number of nitrogens with zero attached hydrogens (tertiary/aromatic N) is 1. The number of aliphatic imine (C=N–C) groups is 1. The summed E-state index contributed by atoms with van der Waals surface area (Å²) in [5, 5.41) is 6.81. The van der Waals surface area contributed by atoms with Crippen LogP contribution < -0.4 is 10.6 Å². The quantitative estimate of drug-likeness (QED) is 0.865. The molecule has 2 N–H and O–H groups in total. The van der Waals surface area contributed by atoms with Crippen molar-refractivity contribution in [3.63, 3.8) is 0 Å². The van der Waals surface area contributed by atoms with Gasteiger partial charge < -0.3 is 15.4 Å². The van der Waals surface area contributed by atoms with Crippen LogP contribution >= 0.6 is 0 Å². The smallest absolute Gasteiger partial charge is 0.148 e. The standard InChI is InChI=1S/C20H22FN3O/c1-14-4-2-5-15(12-14)13-22-19-20(8-10-25-11-9-20)24-18-16(21)6-3-7-17(18)23-19/h2-7,12,24H,8-11,13H2,1H3,(H,22,23). The summed E-state index contributed by atoms with van der Waals surface area (Å²) in [5.74, 6) is 0.629. The van der Waals surface area contributed by atoms with Gasteiger partial charge in [-0.25, -0.2) is 4.39 Å². The monoisotopic (exact) mass is 339 g/mol. The second-order valence-corrected chi connectivity index (χ2v) is 6.76. The van der Waals surface area contributed by atoms with Gasteiger partial charge in [-0.1, -0.05) is 35.9 Å². The predicted octanol–water partition coefficient (Wildman–Crippen LogP) is 4.12. The van der Waals surface area contributed by atoms with Gasteiger partial charge in [-0.3, -0.25) is 4.99 Å². The van der Waals surface area contributed by atoms with Crippen molar-refractivity contribution in [2.24, 2.45) is 4.99 Å². The van der Waals surface area contributed by atoms with Crippen molar-refractivity contribution in [3.8, 4) is 0 Å². The van der Waals surface area contributed by atoms with Crippen molar-refractivity contribution in [2.45, 2.75) is 31.8 Å². The third-order valence-electron chi connectivity index (χ3n) is 4.93. The number of anilines is 2. The van der Waals surface area contributed by atoms with Gasteiger partial charge in [-0.15, -0.1) is 0 Å². The lowest BCUT2D eigenvalue weighted by molar-refractivity contribution is 0.0777. The Labute approximate surface area is 147 Å². The van der Waals surface area contributed by atoms with E-state index in [4.69, 9.17) is 9.73 Å². The van der Waals surface area contributed by atoms with Crippen LogP contribution in [0.5, 0.6) is 0 Å². The van der Waals surface area contributed by atoms with E-state index in [1.54, 1.807) is 6.07 Å². The zero-order valence-electron chi connectivity index (χ0n) is 14.3. The van der Waals surface area contributed by atoms with Gasteiger partial charge >= 0.3 is 0 Å². The zero-order chi connectivity index (χ0) is 17.3. The highest BCUT2D eigenvalue weighted by Gasteiger charge is 2.42. The Balaban J connectivity index is 1.69. The van der Waals surface area contributed by atoms with Gasteiger partial charge in [-0.2, -0.15) is 0 Å². The molecule has 2 aromatic carbocycles. The lowest BCUT2D eigenvalue weighted by Gasteiger charge is -2.43. The van der Waals surface area contributed by atoms with E-state index in [0.29, 0.717) is 25.4 Å². The summed E-state index contributed by atoms with van der Waals surface area (Å²) < 4.78 is 19.8. The summed E-state index contributed by atoms with van der Waals surface area (Å²) in [5.41, 5.74) is 3.26. The van der Waals surface area contributed by atoms with Crippen molar-refractivity contribution >= 4 is 17.2 Å². The maximum absolute atomic E-state index is 14.3. The maximum atomic E-state index is 14.3. The fourth-order valence-electron chi connectivity index (χ4n) is 3.55. The van der Waals surface area contributed by atoms with E-state index in [0.717, 1.165) is 24.4 Å². The molecule has 4 nitrogen and oxygen atoms in total. The number of benzene rings is 2. The molecule has 0 amide bonds.